The molecule has 1 aromatic rings. The van der Waals surface area contributed by atoms with Gasteiger partial charge in [-0.2, -0.15) is 0 Å². The van der Waals surface area contributed by atoms with Gasteiger partial charge in [0.25, 0.3) is 0 Å². The summed E-state index contributed by atoms with van der Waals surface area (Å²) in [4.78, 5) is 2.63. The molecule has 1 aromatic carbocycles. The predicted octanol–water partition coefficient (Wildman–Crippen LogP) is 2.26. The topological polar surface area (TPSA) is 15.3 Å². The maximum atomic E-state index is 3.54. The molecular formula is C15H22N2. The molecule has 2 unspecified atom stereocenters. The molecule has 0 aromatic heterocycles. The molecule has 1 aliphatic heterocycles. The molecule has 1 saturated carbocycles. The Balaban J connectivity index is 1.61. The van der Waals surface area contributed by atoms with Crippen LogP contribution in [-0.2, 0) is 6.54 Å². The fraction of sp³-hybridized carbons (Fsp3) is 0.600. The third-order valence-corrected chi connectivity index (χ3v) is 4.29. The van der Waals surface area contributed by atoms with E-state index >= 15 is 0 Å². The van der Waals surface area contributed by atoms with Crippen LogP contribution in [0.3, 0.4) is 0 Å². The van der Waals surface area contributed by atoms with Gasteiger partial charge in [0, 0.05) is 25.2 Å². The minimum absolute atomic E-state index is 0.729. The van der Waals surface area contributed by atoms with Gasteiger partial charge in [0.05, 0.1) is 0 Å². The normalized spacial score (nSPS) is 26.5. The van der Waals surface area contributed by atoms with Crippen molar-refractivity contribution in [2.75, 3.05) is 13.6 Å². The number of hydrogen-bond acceptors (Lipinski definition) is 2. The van der Waals surface area contributed by atoms with Crippen LogP contribution in [0, 0.1) is 5.92 Å². The summed E-state index contributed by atoms with van der Waals surface area (Å²) in [5.41, 5.74) is 1.45. The van der Waals surface area contributed by atoms with Crippen molar-refractivity contribution in [1.29, 1.82) is 0 Å². The lowest BCUT2D eigenvalue weighted by molar-refractivity contribution is 0.0474. The van der Waals surface area contributed by atoms with Crippen LogP contribution in [-0.4, -0.2) is 30.6 Å². The first-order chi connectivity index (χ1) is 8.38. The first kappa shape index (κ1) is 11.2. The average Bonchev–Trinajstić information content (AvgIpc) is 3.17. The molecule has 1 saturated heterocycles. The van der Waals surface area contributed by atoms with Crippen LogP contribution in [0.25, 0.3) is 0 Å². The second-order valence-electron chi connectivity index (χ2n) is 5.46. The maximum absolute atomic E-state index is 3.54. The minimum atomic E-state index is 0.729. The van der Waals surface area contributed by atoms with E-state index in [9.17, 15) is 0 Å². The molecule has 0 spiro atoms. The fourth-order valence-corrected chi connectivity index (χ4v) is 3.08. The van der Waals surface area contributed by atoms with Gasteiger partial charge in [-0.15, -0.1) is 0 Å². The van der Waals surface area contributed by atoms with Crippen LogP contribution in [0.5, 0.6) is 0 Å². The molecule has 0 radical (unpaired) electrons. The molecule has 1 N–H and O–H groups in total. The summed E-state index contributed by atoms with van der Waals surface area (Å²) >= 11 is 0. The lowest BCUT2D eigenvalue weighted by Crippen LogP contribution is -2.58. The van der Waals surface area contributed by atoms with Crippen molar-refractivity contribution in [1.82, 2.24) is 10.2 Å². The molecule has 17 heavy (non-hydrogen) atoms. The Hall–Kier alpha value is -0.860. The van der Waals surface area contributed by atoms with E-state index in [2.05, 4.69) is 47.6 Å². The number of likely N-dealkylation sites (tertiary alicyclic amines) is 1. The van der Waals surface area contributed by atoms with Crippen LogP contribution in [0.15, 0.2) is 30.3 Å². The van der Waals surface area contributed by atoms with Gasteiger partial charge in [0.1, 0.15) is 0 Å². The number of likely N-dealkylation sites (N-methyl/N-ethyl adjacent to an activating group) is 1. The largest absolute Gasteiger partial charge is 0.315 e. The second-order valence-corrected chi connectivity index (χ2v) is 5.46. The zero-order valence-electron chi connectivity index (χ0n) is 10.6. The van der Waals surface area contributed by atoms with Crippen molar-refractivity contribution < 1.29 is 0 Å². The van der Waals surface area contributed by atoms with Crippen LogP contribution in [0.2, 0.25) is 0 Å². The van der Waals surface area contributed by atoms with E-state index in [1.807, 2.05) is 0 Å². The molecule has 2 aliphatic rings. The Kier molecular flexibility index (Phi) is 3.17. The third-order valence-electron chi connectivity index (χ3n) is 4.29. The van der Waals surface area contributed by atoms with Crippen molar-refractivity contribution in [3.05, 3.63) is 35.9 Å². The molecule has 2 heteroatoms. The van der Waals surface area contributed by atoms with E-state index in [1.54, 1.807) is 0 Å². The Bertz CT molecular complexity index is 358. The summed E-state index contributed by atoms with van der Waals surface area (Å²) in [5, 5.41) is 3.54. The van der Waals surface area contributed by atoms with E-state index in [-0.39, 0.29) is 0 Å². The predicted molar refractivity (Wildman–Crippen MR) is 70.8 cm³/mol. The standard InChI is InChI=1S/C15H22N2/c1-16-15(13-7-8-13)14-9-10-17(14)11-12-5-3-2-4-6-12/h2-6,13-16H,7-11H2,1H3. The highest BCUT2D eigenvalue weighted by molar-refractivity contribution is 5.15. The molecule has 0 bridgehead atoms. The van der Waals surface area contributed by atoms with Gasteiger partial charge in [0.2, 0.25) is 0 Å². The summed E-state index contributed by atoms with van der Waals surface area (Å²) in [6.45, 7) is 2.39. The monoisotopic (exact) mass is 230 g/mol. The summed E-state index contributed by atoms with van der Waals surface area (Å²) in [6, 6.07) is 12.3. The van der Waals surface area contributed by atoms with Crippen molar-refractivity contribution in [3.63, 3.8) is 0 Å². The third kappa shape index (κ3) is 2.38. The van der Waals surface area contributed by atoms with Crippen LogP contribution in [0.4, 0.5) is 0 Å². The Labute approximate surface area is 104 Å². The van der Waals surface area contributed by atoms with Crippen molar-refractivity contribution in [2.24, 2.45) is 5.92 Å². The Morgan fingerprint density at radius 3 is 2.53 bits per heavy atom. The number of hydrogen-bond donors (Lipinski definition) is 1. The van der Waals surface area contributed by atoms with Crippen molar-refractivity contribution >= 4 is 0 Å². The van der Waals surface area contributed by atoms with Gasteiger partial charge in [-0.25, -0.2) is 0 Å². The maximum Gasteiger partial charge on any atom is 0.0267 e. The van der Waals surface area contributed by atoms with Crippen LogP contribution in [0.1, 0.15) is 24.8 Å². The zero-order valence-corrected chi connectivity index (χ0v) is 10.6. The van der Waals surface area contributed by atoms with Crippen LogP contribution >= 0.6 is 0 Å². The summed E-state index contributed by atoms with van der Waals surface area (Å²) in [5.74, 6) is 0.948. The molecule has 1 aliphatic carbocycles. The second kappa shape index (κ2) is 4.79. The first-order valence-electron chi connectivity index (χ1n) is 6.83. The number of nitrogens with zero attached hydrogens (tertiary/aromatic N) is 1. The number of nitrogens with one attached hydrogen (secondary N) is 1. The molecule has 3 rings (SSSR count). The summed E-state index contributed by atoms with van der Waals surface area (Å²) < 4.78 is 0. The van der Waals surface area contributed by atoms with E-state index in [1.165, 1.54) is 31.4 Å². The quantitative estimate of drug-likeness (QED) is 0.834. The molecule has 0 amide bonds. The summed E-state index contributed by atoms with van der Waals surface area (Å²) in [6.07, 6.45) is 4.23. The van der Waals surface area contributed by atoms with Gasteiger partial charge < -0.3 is 5.32 Å². The zero-order chi connectivity index (χ0) is 11.7. The average molecular weight is 230 g/mol. The lowest BCUT2D eigenvalue weighted by atomic mass is 9.91. The number of benzene rings is 1. The van der Waals surface area contributed by atoms with Gasteiger partial charge >= 0.3 is 0 Å². The van der Waals surface area contributed by atoms with Crippen LogP contribution < -0.4 is 5.32 Å². The molecule has 92 valence electrons. The van der Waals surface area contributed by atoms with Gasteiger partial charge in [-0.3, -0.25) is 4.90 Å². The fourth-order valence-electron chi connectivity index (χ4n) is 3.08. The first-order valence-corrected chi connectivity index (χ1v) is 6.83. The number of rotatable bonds is 5. The summed E-state index contributed by atoms with van der Waals surface area (Å²) in [7, 11) is 2.13. The van der Waals surface area contributed by atoms with E-state index in [0.29, 0.717) is 0 Å². The van der Waals surface area contributed by atoms with Gasteiger partial charge in [0.15, 0.2) is 0 Å². The Morgan fingerprint density at radius 1 is 1.24 bits per heavy atom. The molecule has 2 nitrogen and oxygen atoms in total. The minimum Gasteiger partial charge on any atom is -0.315 e. The van der Waals surface area contributed by atoms with Crippen molar-refractivity contribution in [2.45, 2.75) is 37.9 Å². The molecule has 2 atom stereocenters. The Morgan fingerprint density at radius 2 is 2.00 bits per heavy atom. The van der Waals surface area contributed by atoms with E-state index in [0.717, 1.165) is 24.5 Å². The SMILES string of the molecule is CNC(C1CC1)C1CCN1Cc1ccccc1. The molecule has 2 fully saturated rings. The highest BCUT2D eigenvalue weighted by Crippen LogP contribution is 2.38. The molecule has 1 heterocycles. The molecular weight excluding hydrogens is 208 g/mol. The lowest BCUT2D eigenvalue weighted by Gasteiger charge is -2.45. The van der Waals surface area contributed by atoms with Gasteiger partial charge in [-0.05, 0) is 37.8 Å². The smallest absolute Gasteiger partial charge is 0.0267 e. The van der Waals surface area contributed by atoms with E-state index in [4.69, 9.17) is 0 Å². The van der Waals surface area contributed by atoms with Crippen molar-refractivity contribution in [3.8, 4) is 0 Å². The van der Waals surface area contributed by atoms with E-state index < -0.39 is 0 Å². The highest BCUT2D eigenvalue weighted by atomic mass is 15.2. The highest BCUT2D eigenvalue weighted by Gasteiger charge is 2.41. The van der Waals surface area contributed by atoms with Gasteiger partial charge in [-0.1, -0.05) is 30.3 Å².